The fourth-order valence-corrected chi connectivity index (χ4v) is 5.98. The summed E-state index contributed by atoms with van der Waals surface area (Å²) in [5.41, 5.74) is 1.07. The van der Waals surface area contributed by atoms with Crippen LogP contribution in [0, 0.1) is 0 Å². The summed E-state index contributed by atoms with van der Waals surface area (Å²) >= 11 is 0. The second-order valence-electron chi connectivity index (χ2n) is 8.87. The average Bonchev–Trinajstić information content (AvgIpc) is 2.76. The molecule has 3 atom stereocenters. The van der Waals surface area contributed by atoms with Crippen LogP contribution >= 0.6 is 0 Å². The van der Waals surface area contributed by atoms with Crippen LogP contribution in [0.5, 0.6) is 5.75 Å². The largest absolute Gasteiger partial charge is 0.478 e. The van der Waals surface area contributed by atoms with E-state index in [0.717, 1.165) is 37.5 Å². The van der Waals surface area contributed by atoms with Gasteiger partial charge in [-0.2, -0.15) is 0 Å². The smallest absolute Gasteiger partial charge is 0.266 e. The van der Waals surface area contributed by atoms with Gasteiger partial charge in [-0.05, 0) is 56.1 Å². The average molecular weight is 453 g/mol. The second-order valence-corrected chi connectivity index (χ2v) is 10.7. The Labute approximate surface area is 184 Å². The van der Waals surface area contributed by atoms with Gasteiger partial charge in [0.2, 0.25) is 10.0 Å². The van der Waals surface area contributed by atoms with Crippen LogP contribution < -0.4 is 9.46 Å². The molecule has 3 aliphatic heterocycles. The normalized spacial score (nSPS) is 32.1. The predicted octanol–water partition coefficient (Wildman–Crippen LogP) is 1.39. The molecule has 2 fully saturated rings. The van der Waals surface area contributed by atoms with Gasteiger partial charge >= 0.3 is 0 Å². The molecule has 0 spiro atoms. The highest BCUT2D eigenvalue weighted by atomic mass is 32.2. The Bertz CT molecular complexity index is 884. The number of hydrogen-bond donors (Lipinski definition) is 2. The Morgan fingerprint density at radius 1 is 1.16 bits per heavy atom. The lowest BCUT2D eigenvalue weighted by atomic mass is 9.82. The number of hydrogen-bond acceptors (Lipinski definition) is 6. The third-order valence-corrected chi connectivity index (χ3v) is 7.40. The number of nitrogens with one attached hydrogen (secondary N) is 1. The molecule has 172 valence electrons. The molecular formula is C22H32N2O6S. The number of ether oxygens (including phenoxy) is 2. The minimum absolute atomic E-state index is 0.0940. The van der Waals surface area contributed by atoms with E-state index in [1.165, 1.54) is 0 Å². The maximum Gasteiger partial charge on any atom is 0.266 e. The molecule has 1 saturated heterocycles. The number of fused-ring (bicyclic) bond motifs is 5. The van der Waals surface area contributed by atoms with Crippen molar-refractivity contribution in [3.63, 3.8) is 0 Å². The van der Waals surface area contributed by atoms with E-state index in [0.29, 0.717) is 31.1 Å². The Morgan fingerprint density at radius 3 is 2.61 bits per heavy atom. The number of sulfonamides is 1. The molecule has 3 heterocycles. The third-order valence-electron chi connectivity index (χ3n) is 6.67. The van der Waals surface area contributed by atoms with E-state index in [1.54, 1.807) is 4.90 Å². The van der Waals surface area contributed by atoms with E-state index in [2.05, 4.69) is 4.72 Å². The van der Waals surface area contributed by atoms with Crippen molar-refractivity contribution < 1.29 is 27.8 Å². The first-order chi connectivity index (χ1) is 14.9. The topological polar surface area (TPSA) is 105 Å². The lowest BCUT2D eigenvalue weighted by Gasteiger charge is -2.42. The number of rotatable bonds is 3. The molecule has 2 bridgehead atoms. The number of para-hydroxylation sites is 1. The zero-order valence-electron chi connectivity index (χ0n) is 17.9. The van der Waals surface area contributed by atoms with Crippen molar-refractivity contribution in [3.8, 4) is 5.75 Å². The number of aliphatic hydroxyl groups is 1. The SMILES string of the molecule is CS(=O)(=O)N[C@H]1CCCN2C(=O)[C@@H](CO)Oc3ccccc3C3CCC(CC3)OCC12. The highest BCUT2D eigenvalue weighted by molar-refractivity contribution is 7.88. The van der Waals surface area contributed by atoms with E-state index in [-0.39, 0.29) is 18.6 Å². The summed E-state index contributed by atoms with van der Waals surface area (Å²) in [5.74, 6) is 0.629. The molecular weight excluding hydrogens is 420 g/mol. The Hall–Kier alpha value is -1.68. The van der Waals surface area contributed by atoms with Crippen LogP contribution in [0.4, 0.5) is 0 Å². The molecule has 1 aromatic rings. The summed E-state index contributed by atoms with van der Waals surface area (Å²) in [5, 5.41) is 10.0. The van der Waals surface area contributed by atoms with E-state index in [9.17, 15) is 18.3 Å². The Morgan fingerprint density at radius 2 is 1.90 bits per heavy atom. The van der Waals surface area contributed by atoms with Gasteiger partial charge in [-0.25, -0.2) is 13.1 Å². The number of benzene rings is 1. The van der Waals surface area contributed by atoms with Crippen LogP contribution in [0.3, 0.4) is 0 Å². The highest BCUT2D eigenvalue weighted by Crippen LogP contribution is 2.39. The number of carbonyl (C=O) groups is 1. The first kappa shape index (κ1) is 22.5. The minimum atomic E-state index is -3.44. The van der Waals surface area contributed by atoms with Crippen molar-refractivity contribution in [2.75, 3.05) is 26.0 Å². The molecule has 2 N–H and O–H groups in total. The number of nitrogens with zero attached hydrogens (tertiary/aromatic N) is 1. The summed E-state index contributed by atoms with van der Waals surface area (Å²) < 4.78 is 38.9. The molecule has 4 aliphatic rings. The quantitative estimate of drug-likeness (QED) is 0.718. The second kappa shape index (κ2) is 9.44. The van der Waals surface area contributed by atoms with Crippen LogP contribution in [-0.4, -0.2) is 74.6 Å². The van der Waals surface area contributed by atoms with Crippen molar-refractivity contribution >= 4 is 15.9 Å². The Balaban J connectivity index is 1.68. The molecule has 0 radical (unpaired) electrons. The molecule has 1 aliphatic carbocycles. The molecule has 31 heavy (non-hydrogen) atoms. The van der Waals surface area contributed by atoms with E-state index in [1.807, 2.05) is 24.3 Å². The molecule has 1 amide bonds. The number of piperidine rings is 1. The van der Waals surface area contributed by atoms with Crippen LogP contribution in [0.15, 0.2) is 24.3 Å². The standard InChI is InChI=1S/C22H32N2O6S/c1-31(27,28)23-18-6-4-12-24-19(18)14-29-16-10-8-15(9-11-16)17-5-2-3-7-20(17)30-21(13-25)22(24)26/h2-3,5,7,15-16,18-19,21,23,25H,4,6,8-14H2,1H3/t15?,16?,18-,19?,21+/m0/s1. The van der Waals surface area contributed by atoms with Crippen LogP contribution in [0.1, 0.15) is 50.0 Å². The van der Waals surface area contributed by atoms with Gasteiger partial charge in [-0.3, -0.25) is 4.79 Å². The van der Waals surface area contributed by atoms with E-state index < -0.39 is 34.8 Å². The summed E-state index contributed by atoms with van der Waals surface area (Å²) in [6.45, 7) is 0.289. The monoisotopic (exact) mass is 452 g/mol. The molecule has 1 unspecified atom stereocenters. The maximum absolute atomic E-state index is 13.4. The molecule has 9 heteroatoms. The van der Waals surface area contributed by atoms with Gasteiger partial charge in [0.1, 0.15) is 5.75 Å². The fourth-order valence-electron chi connectivity index (χ4n) is 5.15. The molecule has 1 saturated carbocycles. The van der Waals surface area contributed by atoms with Crippen LogP contribution in [0.25, 0.3) is 0 Å². The fraction of sp³-hybridized carbons (Fsp3) is 0.682. The van der Waals surface area contributed by atoms with Gasteiger partial charge < -0.3 is 19.5 Å². The number of carbonyl (C=O) groups excluding carboxylic acids is 1. The lowest BCUT2D eigenvalue weighted by molar-refractivity contribution is -0.147. The van der Waals surface area contributed by atoms with Gasteiger partial charge in [-0.15, -0.1) is 0 Å². The molecule has 0 aromatic heterocycles. The van der Waals surface area contributed by atoms with Crippen molar-refractivity contribution in [1.29, 1.82) is 0 Å². The van der Waals surface area contributed by atoms with Gasteiger partial charge in [0.25, 0.3) is 5.91 Å². The van der Waals surface area contributed by atoms with Gasteiger partial charge in [0.15, 0.2) is 6.10 Å². The van der Waals surface area contributed by atoms with Crippen molar-refractivity contribution in [2.24, 2.45) is 0 Å². The summed E-state index contributed by atoms with van der Waals surface area (Å²) in [4.78, 5) is 15.1. The molecule has 1 aromatic carbocycles. The first-order valence-electron chi connectivity index (χ1n) is 11.1. The zero-order chi connectivity index (χ0) is 22.0. The third kappa shape index (κ3) is 5.22. The van der Waals surface area contributed by atoms with Gasteiger partial charge in [-0.1, -0.05) is 18.2 Å². The first-order valence-corrected chi connectivity index (χ1v) is 13.0. The van der Waals surface area contributed by atoms with Crippen LogP contribution in [0.2, 0.25) is 0 Å². The number of aliphatic hydroxyl groups excluding tert-OH is 1. The van der Waals surface area contributed by atoms with Crippen molar-refractivity contribution in [1.82, 2.24) is 9.62 Å². The predicted molar refractivity (Wildman–Crippen MR) is 115 cm³/mol. The van der Waals surface area contributed by atoms with Crippen molar-refractivity contribution in [3.05, 3.63) is 29.8 Å². The van der Waals surface area contributed by atoms with Crippen molar-refractivity contribution in [2.45, 2.75) is 68.7 Å². The Kier molecular flexibility index (Phi) is 6.86. The molecule has 5 rings (SSSR count). The van der Waals surface area contributed by atoms with E-state index in [4.69, 9.17) is 9.47 Å². The minimum Gasteiger partial charge on any atom is -0.478 e. The molecule has 8 nitrogen and oxygen atoms in total. The lowest BCUT2D eigenvalue weighted by Crippen LogP contribution is -2.61. The maximum atomic E-state index is 13.4. The highest BCUT2D eigenvalue weighted by Gasteiger charge is 2.40. The number of amides is 1. The van der Waals surface area contributed by atoms with Crippen LogP contribution in [-0.2, 0) is 19.6 Å². The van der Waals surface area contributed by atoms with Gasteiger partial charge in [0, 0.05) is 12.6 Å². The summed E-state index contributed by atoms with van der Waals surface area (Å²) in [6.07, 6.45) is 5.22. The zero-order valence-corrected chi connectivity index (χ0v) is 18.7. The van der Waals surface area contributed by atoms with Gasteiger partial charge in [0.05, 0.1) is 31.6 Å². The van der Waals surface area contributed by atoms with E-state index >= 15 is 0 Å². The summed E-state index contributed by atoms with van der Waals surface area (Å²) in [7, 11) is -3.44. The summed E-state index contributed by atoms with van der Waals surface area (Å²) in [6, 6.07) is 6.87.